The summed E-state index contributed by atoms with van der Waals surface area (Å²) in [4.78, 5) is 0. The van der Waals surface area contributed by atoms with Crippen molar-refractivity contribution in [2.45, 2.75) is 64.6 Å². The molecule has 2 atom stereocenters. The fraction of sp³-hybridized carbons (Fsp3) is 0.846. The van der Waals surface area contributed by atoms with E-state index in [0.29, 0.717) is 5.41 Å². The molecule has 2 aliphatic rings. The molecule has 0 spiro atoms. The summed E-state index contributed by atoms with van der Waals surface area (Å²) in [7, 11) is 0. The van der Waals surface area contributed by atoms with Crippen LogP contribution in [0.1, 0.15) is 53.4 Å². The number of fused-ring (bicyclic) bond motifs is 1. The Kier molecular flexibility index (Phi) is 2.08. The third-order valence-electron chi connectivity index (χ3n) is 4.18. The van der Waals surface area contributed by atoms with Gasteiger partial charge in [0.25, 0.3) is 0 Å². The van der Waals surface area contributed by atoms with Gasteiger partial charge in [0.15, 0.2) is 0 Å². The second-order valence-corrected chi connectivity index (χ2v) is 5.62. The topological polar surface area (TPSA) is 12.5 Å². The van der Waals surface area contributed by atoms with E-state index in [2.05, 4.69) is 39.8 Å². The minimum Gasteiger partial charge on any atom is -0.358 e. The minimum atomic E-state index is 0.0499. The quantitative estimate of drug-likeness (QED) is 0.482. The van der Waals surface area contributed by atoms with Gasteiger partial charge in [-0.05, 0) is 32.6 Å². The van der Waals surface area contributed by atoms with Crippen LogP contribution in [0.3, 0.4) is 0 Å². The zero-order valence-corrected chi connectivity index (χ0v) is 9.89. The Balaban J connectivity index is 2.28. The Bertz CT molecular complexity index is 266. The summed E-state index contributed by atoms with van der Waals surface area (Å²) >= 11 is 0. The number of epoxide rings is 1. The van der Waals surface area contributed by atoms with E-state index in [9.17, 15) is 0 Å². The predicted molar refractivity (Wildman–Crippen MR) is 59.3 cm³/mol. The third kappa shape index (κ3) is 1.11. The van der Waals surface area contributed by atoms with Gasteiger partial charge in [-0.2, -0.15) is 0 Å². The van der Waals surface area contributed by atoms with E-state index in [1.54, 1.807) is 0 Å². The third-order valence-corrected chi connectivity index (χ3v) is 4.18. The first-order chi connectivity index (χ1) is 6.47. The normalized spacial score (nSPS) is 45.1. The average Bonchev–Trinajstić information content (AvgIpc) is 2.70. The molecular weight excluding hydrogens is 172 g/mol. The summed E-state index contributed by atoms with van der Waals surface area (Å²) in [6.07, 6.45) is 9.52. The minimum absolute atomic E-state index is 0.0499. The van der Waals surface area contributed by atoms with E-state index >= 15 is 0 Å². The highest BCUT2D eigenvalue weighted by atomic mass is 16.6. The monoisotopic (exact) mass is 194 g/mol. The average molecular weight is 194 g/mol. The lowest BCUT2D eigenvalue weighted by molar-refractivity contribution is 0.165. The van der Waals surface area contributed by atoms with Crippen LogP contribution in [0.2, 0.25) is 0 Å². The van der Waals surface area contributed by atoms with Crippen LogP contribution in [0.5, 0.6) is 0 Å². The van der Waals surface area contributed by atoms with Crippen LogP contribution in [-0.4, -0.2) is 11.2 Å². The molecule has 1 aliphatic heterocycles. The zero-order valence-electron chi connectivity index (χ0n) is 9.89. The molecule has 2 fully saturated rings. The fourth-order valence-electron chi connectivity index (χ4n) is 3.19. The van der Waals surface area contributed by atoms with Crippen LogP contribution in [0.4, 0.5) is 0 Å². The van der Waals surface area contributed by atoms with Crippen LogP contribution in [0.15, 0.2) is 12.2 Å². The Hall–Kier alpha value is -0.300. The molecule has 2 unspecified atom stereocenters. The van der Waals surface area contributed by atoms with E-state index in [1.165, 1.54) is 19.3 Å². The second kappa shape index (κ2) is 2.85. The van der Waals surface area contributed by atoms with Gasteiger partial charge in [-0.15, -0.1) is 0 Å². The van der Waals surface area contributed by atoms with Crippen molar-refractivity contribution in [2.24, 2.45) is 5.41 Å². The van der Waals surface area contributed by atoms with Gasteiger partial charge in [0.2, 0.25) is 0 Å². The first-order valence-electron chi connectivity index (χ1n) is 5.85. The molecule has 1 nitrogen and oxygen atoms in total. The van der Waals surface area contributed by atoms with Crippen molar-refractivity contribution >= 4 is 0 Å². The van der Waals surface area contributed by atoms with Gasteiger partial charge < -0.3 is 4.74 Å². The molecule has 80 valence electrons. The highest BCUT2D eigenvalue weighted by Gasteiger charge is 2.72. The molecule has 0 radical (unpaired) electrons. The summed E-state index contributed by atoms with van der Waals surface area (Å²) in [6.45, 7) is 9.14. The molecule has 0 amide bonds. The van der Waals surface area contributed by atoms with Crippen LogP contribution < -0.4 is 0 Å². The maximum atomic E-state index is 6.08. The molecule has 0 aromatic carbocycles. The Morgan fingerprint density at radius 2 is 1.93 bits per heavy atom. The van der Waals surface area contributed by atoms with Crippen molar-refractivity contribution in [1.82, 2.24) is 0 Å². The molecule has 1 saturated heterocycles. The molecule has 1 heterocycles. The van der Waals surface area contributed by atoms with Gasteiger partial charge in [0.05, 0.1) is 5.60 Å². The number of ether oxygens (including phenoxy) is 1. The van der Waals surface area contributed by atoms with Gasteiger partial charge in [-0.25, -0.2) is 0 Å². The maximum Gasteiger partial charge on any atom is 0.121 e. The Morgan fingerprint density at radius 1 is 1.21 bits per heavy atom. The van der Waals surface area contributed by atoms with Crippen LogP contribution in [0.25, 0.3) is 0 Å². The van der Waals surface area contributed by atoms with Crippen molar-refractivity contribution in [1.29, 1.82) is 0 Å². The van der Waals surface area contributed by atoms with Gasteiger partial charge in [-0.1, -0.05) is 32.9 Å². The van der Waals surface area contributed by atoms with Gasteiger partial charge in [0, 0.05) is 5.41 Å². The van der Waals surface area contributed by atoms with Gasteiger partial charge >= 0.3 is 0 Å². The highest BCUT2D eigenvalue weighted by Crippen LogP contribution is 2.65. The van der Waals surface area contributed by atoms with Gasteiger partial charge in [0.1, 0.15) is 5.60 Å². The first-order valence-corrected chi connectivity index (χ1v) is 5.85. The standard InChI is InChI=1S/C13H22O/c1-5-6-10-13-11(2,3)8-7-9-12(13,4)14-13/h6,10H,5,7-9H2,1-4H3. The first kappa shape index (κ1) is 10.2. The van der Waals surface area contributed by atoms with Crippen molar-refractivity contribution in [3.63, 3.8) is 0 Å². The summed E-state index contributed by atoms with van der Waals surface area (Å²) in [5, 5.41) is 0. The molecule has 0 N–H and O–H groups in total. The smallest absolute Gasteiger partial charge is 0.121 e. The lowest BCUT2D eigenvalue weighted by atomic mass is 9.64. The van der Waals surface area contributed by atoms with Crippen molar-refractivity contribution in [3.05, 3.63) is 12.2 Å². The van der Waals surface area contributed by atoms with Gasteiger partial charge in [-0.3, -0.25) is 0 Å². The van der Waals surface area contributed by atoms with E-state index in [0.717, 1.165) is 6.42 Å². The Morgan fingerprint density at radius 3 is 2.50 bits per heavy atom. The summed E-state index contributed by atoms with van der Waals surface area (Å²) in [5.74, 6) is 0. The second-order valence-electron chi connectivity index (χ2n) is 5.62. The van der Waals surface area contributed by atoms with Crippen molar-refractivity contribution < 1.29 is 4.74 Å². The number of rotatable bonds is 2. The summed E-state index contributed by atoms with van der Waals surface area (Å²) in [5.41, 5.74) is 0.500. The van der Waals surface area contributed by atoms with Crippen molar-refractivity contribution in [3.8, 4) is 0 Å². The lowest BCUT2D eigenvalue weighted by Crippen LogP contribution is -2.41. The molecular formula is C13H22O. The zero-order chi connectivity index (χ0) is 10.4. The molecule has 0 aromatic rings. The van der Waals surface area contributed by atoms with E-state index in [4.69, 9.17) is 4.74 Å². The molecule has 1 aliphatic carbocycles. The molecule has 14 heavy (non-hydrogen) atoms. The van der Waals surface area contributed by atoms with Crippen LogP contribution >= 0.6 is 0 Å². The molecule has 0 aromatic heterocycles. The molecule has 0 bridgehead atoms. The summed E-state index contributed by atoms with van der Waals surface area (Å²) < 4.78 is 6.08. The van der Waals surface area contributed by atoms with Crippen molar-refractivity contribution in [2.75, 3.05) is 0 Å². The molecule has 2 rings (SSSR count). The van der Waals surface area contributed by atoms with Crippen LogP contribution in [-0.2, 0) is 4.74 Å². The maximum absolute atomic E-state index is 6.08. The molecule has 1 saturated carbocycles. The van der Waals surface area contributed by atoms with E-state index in [-0.39, 0.29) is 11.2 Å². The SMILES string of the molecule is CCC=CC12OC1(C)CCCC2(C)C. The number of hydrogen-bond acceptors (Lipinski definition) is 1. The predicted octanol–water partition coefficient (Wildman–Crippen LogP) is 3.69. The highest BCUT2D eigenvalue weighted by molar-refractivity contribution is 5.30. The Labute approximate surface area is 87.5 Å². The fourth-order valence-corrected chi connectivity index (χ4v) is 3.19. The number of hydrogen-bond donors (Lipinski definition) is 0. The largest absolute Gasteiger partial charge is 0.358 e. The summed E-state index contributed by atoms with van der Waals surface area (Å²) in [6, 6.07) is 0. The van der Waals surface area contributed by atoms with E-state index < -0.39 is 0 Å². The van der Waals surface area contributed by atoms with E-state index in [1.807, 2.05) is 0 Å². The lowest BCUT2D eigenvalue weighted by Gasteiger charge is -2.36. The number of allylic oxidation sites excluding steroid dienone is 1. The van der Waals surface area contributed by atoms with Crippen LogP contribution in [0, 0.1) is 5.41 Å². The molecule has 1 heteroatoms.